The number of ether oxygens (including phenoxy) is 3. The molecule has 1 N–H and O–H groups in total. The first-order chi connectivity index (χ1) is 14.1. The Balaban J connectivity index is 1.34. The second kappa shape index (κ2) is 9.43. The van der Waals surface area contributed by atoms with E-state index in [4.69, 9.17) is 14.2 Å². The van der Waals surface area contributed by atoms with Gasteiger partial charge >= 0.3 is 0 Å². The Morgan fingerprint density at radius 3 is 2.79 bits per heavy atom. The molecule has 1 aromatic rings. The third kappa shape index (κ3) is 5.70. The molecule has 0 amide bonds. The predicted octanol–water partition coefficient (Wildman–Crippen LogP) is 5.42. The van der Waals surface area contributed by atoms with E-state index >= 15 is 0 Å². The number of halogens is 2. The third-order valence-electron chi connectivity index (χ3n) is 5.99. The maximum absolute atomic E-state index is 13.4. The van der Waals surface area contributed by atoms with Crippen LogP contribution in [-0.2, 0) is 15.9 Å². The molecule has 4 nitrogen and oxygen atoms in total. The summed E-state index contributed by atoms with van der Waals surface area (Å²) in [5.74, 6) is -1.34. The quantitative estimate of drug-likeness (QED) is 0.613. The standard InChI is InChI=1S/C23H31F2NO3/c24-23(25)9-6-17(7-10-23)4-5-18-15-20(16-19-8-13-29-22(18)19)26-11-14-28-21-3-1-2-12-27-21/h4-5,15-17,21,26H,1-3,6-14H2. The van der Waals surface area contributed by atoms with Crippen LogP contribution in [0.15, 0.2) is 18.2 Å². The largest absolute Gasteiger partial charge is 0.492 e. The van der Waals surface area contributed by atoms with Gasteiger partial charge in [-0.3, -0.25) is 0 Å². The first-order valence-electron chi connectivity index (χ1n) is 10.9. The van der Waals surface area contributed by atoms with E-state index < -0.39 is 5.92 Å². The van der Waals surface area contributed by atoms with E-state index in [-0.39, 0.29) is 25.0 Å². The summed E-state index contributed by atoms with van der Waals surface area (Å²) >= 11 is 0. The van der Waals surface area contributed by atoms with Gasteiger partial charge < -0.3 is 19.5 Å². The number of alkyl halides is 2. The molecule has 1 saturated heterocycles. The van der Waals surface area contributed by atoms with Gasteiger partial charge in [0.05, 0.1) is 13.2 Å². The number of nitrogens with one attached hydrogen (secondary N) is 1. The Bertz CT molecular complexity index is 706. The van der Waals surface area contributed by atoms with Crippen molar-refractivity contribution in [3.8, 4) is 5.75 Å². The molecule has 6 heteroatoms. The van der Waals surface area contributed by atoms with Gasteiger partial charge in [-0.05, 0) is 50.2 Å². The second-order valence-electron chi connectivity index (χ2n) is 8.30. The lowest BCUT2D eigenvalue weighted by molar-refractivity contribution is -0.159. The van der Waals surface area contributed by atoms with Crippen LogP contribution in [0.1, 0.15) is 56.1 Å². The zero-order chi connectivity index (χ0) is 20.1. The van der Waals surface area contributed by atoms with Crippen LogP contribution in [-0.4, -0.2) is 38.6 Å². The molecule has 1 aromatic carbocycles. The van der Waals surface area contributed by atoms with Gasteiger partial charge in [0.25, 0.3) is 0 Å². The Morgan fingerprint density at radius 2 is 2.00 bits per heavy atom. The summed E-state index contributed by atoms with van der Waals surface area (Å²) in [4.78, 5) is 0. The molecule has 1 unspecified atom stereocenters. The lowest BCUT2D eigenvalue weighted by Crippen LogP contribution is -2.24. The Morgan fingerprint density at radius 1 is 1.14 bits per heavy atom. The molecular weight excluding hydrogens is 376 g/mol. The van der Waals surface area contributed by atoms with Gasteiger partial charge in [0.2, 0.25) is 5.92 Å². The van der Waals surface area contributed by atoms with E-state index in [0.717, 1.165) is 49.3 Å². The van der Waals surface area contributed by atoms with Crippen molar-refractivity contribution in [3.63, 3.8) is 0 Å². The molecule has 1 aliphatic carbocycles. The molecule has 3 aliphatic rings. The fraction of sp³-hybridized carbons (Fsp3) is 0.652. The van der Waals surface area contributed by atoms with Crippen molar-refractivity contribution in [3.05, 3.63) is 29.3 Å². The van der Waals surface area contributed by atoms with Crippen molar-refractivity contribution < 1.29 is 23.0 Å². The Hall–Kier alpha value is -1.66. The first kappa shape index (κ1) is 20.6. The molecule has 0 bridgehead atoms. The van der Waals surface area contributed by atoms with Crippen molar-refractivity contribution in [2.75, 3.05) is 31.7 Å². The number of anilines is 1. The number of fused-ring (bicyclic) bond motifs is 1. The topological polar surface area (TPSA) is 39.7 Å². The van der Waals surface area contributed by atoms with Crippen LogP contribution in [0.4, 0.5) is 14.5 Å². The minimum atomic E-state index is -2.48. The van der Waals surface area contributed by atoms with Crippen LogP contribution in [0.25, 0.3) is 6.08 Å². The summed E-state index contributed by atoms with van der Waals surface area (Å²) in [7, 11) is 0. The van der Waals surface area contributed by atoms with Gasteiger partial charge in [0.15, 0.2) is 6.29 Å². The molecule has 29 heavy (non-hydrogen) atoms. The minimum Gasteiger partial charge on any atom is -0.492 e. The van der Waals surface area contributed by atoms with Crippen LogP contribution in [0, 0.1) is 5.92 Å². The molecule has 2 heterocycles. The van der Waals surface area contributed by atoms with Crippen LogP contribution >= 0.6 is 0 Å². The number of rotatable bonds is 7. The summed E-state index contributed by atoms with van der Waals surface area (Å²) in [5, 5.41) is 3.43. The SMILES string of the molecule is FC1(F)CCC(C=Cc2cc(NCCOC3CCCCO3)cc3c2OCC3)CC1. The molecule has 1 saturated carbocycles. The zero-order valence-electron chi connectivity index (χ0n) is 16.9. The van der Waals surface area contributed by atoms with E-state index in [1.54, 1.807) is 0 Å². The molecule has 0 aromatic heterocycles. The van der Waals surface area contributed by atoms with Gasteiger partial charge in [-0.1, -0.05) is 12.2 Å². The lowest BCUT2D eigenvalue weighted by atomic mass is 9.86. The highest BCUT2D eigenvalue weighted by Gasteiger charge is 2.34. The predicted molar refractivity (Wildman–Crippen MR) is 110 cm³/mol. The smallest absolute Gasteiger partial charge is 0.248 e. The number of hydrogen-bond donors (Lipinski definition) is 1. The Labute approximate surface area is 171 Å². The number of benzene rings is 1. The fourth-order valence-corrected chi connectivity index (χ4v) is 4.29. The molecule has 0 spiro atoms. The van der Waals surface area contributed by atoms with Gasteiger partial charge in [0, 0.05) is 49.2 Å². The van der Waals surface area contributed by atoms with E-state index in [1.807, 2.05) is 0 Å². The van der Waals surface area contributed by atoms with Gasteiger partial charge in [-0.15, -0.1) is 0 Å². The Kier molecular flexibility index (Phi) is 6.70. The normalized spacial score (nSPS) is 24.4. The summed E-state index contributed by atoms with van der Waals surface area (Å²) in [6.07, 6.45) is 9.29. The molecule has 0 radical (unpaired) electrons. The van der Waals surface area contributed by atoms with Crippen molar-refractivity contribution in [1.82, 2.24) is 0 Å². The van der Waals surface area contributed by atoms with Crippen molar-refractivity contribution in [2.24, 2.45) is 5.92 Å². The molecule has 4 rings (SSSR count). The minimum absolute atomic E-state index is 0.0110. The second-order valence-corrected chi connectivity index (χ2v) is 8.30. The van der Waals surface area contributed by atoms with Crippen LogP contribution in [0.2, 0.25) is 0 Å². The first-order valence-corrected chi connectivity index (χ1v) is 10.9. The van der Waals surface area contributed by atoms with E-state index in [1.165, 1.54) is 5.56 Å². The van der Waals surface area contributed by atoms with E-state index in [2.05, 4.69) is 29.6 Å². The highest BCUT2D eigenvalue weighted by atomic mass is 19.3. The summed E-state index contributed by atoms with van der Waals surface area (Å²) in [6.45, 7) is 2.79. The summed E-state index contributed by atoms with van der Waals surface area (Å²) < 4.78 is 43.9. The number of hydrogen-bond acceptors (Lipinski definition) is 4. The van der Waals surface area contributed by atoms with Gasteiger partial charge in [-0.2, -0.15) is 0 Å². The van der Waals surface area contributed by atoms with Gasteiger partial charge in [0.1, 0.15) is 5.75 Å². The lowest BCUT2D eigenvalue weighted by Gasteiger charge is -2.26. The zero-order valence-corrected chi connectivity index (χ0v) is 16.9. The molecule has 1 atom stereocenters. The van der Waals surface area contributed by atoms with Crippen molar-refractivity contribution in [1.29, 1.82) is 0 Å². The summed E-state index contributed by atoms with van der Waals surface area (Å²) in [6, 6.07) is 4.22. The fourth-order valence-electron chi connectivity index (χ4n) is 4.29. The maximum Gasteiger partial charge on any atom is 0.248 e. The van der Waals surface area contributed by atoms with Crippen LogP contribution in [0.5, 0.6) is 5.75 Å². The van der Waals surface area contributed by atoms with Crippen molar-refractivity contribution in [2.45, 2.75) is 63.6 Å². The van der Waals surface area contributed by atoms with Crippen molar-refractivity contribution >= 4 is 11.8 Å². The average molecular weight is 408 g/mol. The van der Waals surface area contributed by atoms with E-state index in [9.17, 15) is 8.78 Å². The average Bonchev–Trinajstić information content (AvgIpc) is 3.20. The number of allylic oxidation sites excluding steroid dienone is 1. The summed E-state index contributed by atoms with van der Waals surface area (Å²) in [5.41, 5.74) is 3.26. The molecule has 160 valence electrons. The maximum atomic E-state index is 13.4. The van der Waals surface area contributed by atoms with Crippen LogP contribution < -0.4 is 10.1 Å². The monoisotopic (exact) mass is 407 g/mol. The molecule has 2 aliphatic heterocycles. The molecule has 2 fully saturated rings. The van der Waals surface area contributed by atoms with E-state index in [0.29, 0.717) is 32.6 Å². The third-order valence-corrected chi connectivity index (χ3v) is 5.99. The highest BCUT2D eigenvalue weighted by Crippen LogP contribution is 2.38. The molecular formula is C23H31F2NO3. The highest BCUT2D eigenvalue weighted by molar-refractivity contribution is 5.67. The van der Waals surface area contributed by atoms with Gasteiger partial charge in [-0.25, -0.2) is 8.78 Å². The van der Waals surface area contributed by atoms with Crippen LogP contribution in [0.3, 0.4) is 0 Å².